The third kappa shape index (κ3) is 5.46. The van der Waals surface area contributed by atoms with Crippen molar-refractivity contribution in [2.45, 2.75) is 53.1 Å². The maximum Gasteiger partial charge on any atom is 0.227 e. The molecule has 0 radical (unpaired) electrons. The molecular formula is C27H34N4O. The molecule has 5 heteroatoms. The Morgan fingerprint density at radius 2 is 1.81 bits per heavy atom. The normalized spacial score (nSPS) is 15.1. The molecule has 0 spiro atoms. The minimum absolute atomic E-state index is 0.0756. The first-order valence-electron chi connectivity index (χ1n) is 11.7. The number of carbonyl (C=O) groups is 1. The van der Waals surface area contributed by atoms with Gasteiger partial charge in [-0.05, 0) is 69.5 Å². The monoisotopic (exact) mass is 430 g/mol. The molecule has 0 aliphatic carbocycles. The molecule has 5 nitrogen and oxygen atoms in total. The molecule has 0 bridgehead atoms. The van der Waals surface area contributed by atoms with Crippen LogP contribution < -0.4 is 5.32 Å². The van der Waals surface area contributed by atoms with Gasteiger partial charge in [0, 0.05) is 36.5 Å². The Labute approximate surface area is 191 Å². The van der Waals surface area contributed by atoms with Gasteiger partial charge in [0.2, 0.25) is 5.91 Å². The fourth-order valence-corrected chi connectivity index (χ4v) is 4.47. The number of carbonyl (C=O) groups excluding carboxylic acids is 1. The second kappa shape index (κ2) is 10.1. The number of amides is 1. The molecule has 2 heterocycles. The number of nitrogens with one attached hydrogen (secondary N) is 1. The number of aryl methyl sites for hydroxylation is 3. The lowest BCUT2D eigenvalue weighted by Gasteiger charge is -2.31. The van der Waals surface area contributed by atoms with Crippen LogP contribution in [0.3, 0.4) is 0 Å². The molecule has 1 aromatic heterocycles. The lowest BCUT2D eigenvalue weighted by molar-refractivity contribution is -0.121. The number of benzene rings is 2. The molecule has 3 aromatic rings. The topological polar surface area (TPSA) is 50.2 Å². The maximum absolute atomic E-state index is 12.8. The highest BCUT2D eigenvalue weighted by Crippen LogP contribution is 2.24. The van der Waals surface area contributed by atoms with Gasteiger partial charge >= 0.3 is 0 Å². The third-order valence-corrected chi connectivity index (χ3v) is 6.36. The van der Waals surface area contributed by atoms with E-state index in [2.05, 4.69) is 83.4 Å². The summed E-state index contributed by atoms with van der Waals surface area (Å²) < 4.78 is 2.05. The summed E-state index contributed by atoms with van der Waals surface area (Å²) in [5.74, 6) is 0.214. The Morgan fingerprint density at radius 1 is 1.06 bits per heavy atom. The van der Waals surface area contributed by atoms with Gasteiger partial charge in [-0.15, -0.1) is 0 Å². The van der Waals surface area contributed by atoms with Gasteiger partial charge in [-0.25, -0.2) is 0 Å². The molecule has 0 saturated carbocycles. The SMILES string of the molecule is CCCn1cc(CN2CCC(C(=O)Nc3ccc(-c4cccc(C)c4)cc3)CC2)c(C)n1. The van der Waals surface area contributed by atoms with Gasteiger partial charge in [-0.3, -0.25) is 14.4 Å². The largest absolute Gasteiger partial charge is 0.326 e. The van der Waals surface area contributed by atoms with E-state index in [1.165, 1.54) is 16.7 Å². The van der Waals surface area contributed by atoms with E-state index >= 15 is 0 Å². The molecule has 0 unspecified atom stereocenters. The minimum Gasteiger partial charge on any atom is -0.326 e. The Bertz CT molecular complexity index is 1050. The summed E-state index contributed by atoms with van der Waals surface area (Å²) in [5, 5.41) is 7.73. The van der Waals surface area contributed by atoms with Crippen molar-refractivity contribution in [3.63, 3.8) is 0 Å². The van der Waals surface area contributed by atoms with Gasteiger partial charge < -0.3 is 5.32 Å². The van der Waals surface area contributed by atoms with E-state index < -0.39 is 0 Å². The second-order valence-corrected chi connectivity index (χ2v) is 8.99. The summed E-state index contributed by atoms with van der Waals surface area (Å²) in [5.41, 5.74) is 6.90. The first-order valence-corrected chi connectivity index (χ1v) is 11.7. The number of hydrogen-bond acceptors (Lipinski definition) is 3. The van der Waals surface area contributed by atoms with Crippen LogP contribution >= 0.6 is 0 Å². The zero-order valence-corrected chi connectivity index (χ0v) is 19.5. The van der Waals surface area contributed by atoms with Crippen molar-refractivity contribution in [3.05, 3.63) is 71.5 Å². The molecule has 4 rings (SSSR count). The Balaban J connectivity index is 1.28. The lowest BCUT2D eigenvalue weighted by Crippen LogP contribution is -2.37. The highest BCUT2D eigenvalue weighted by molar-refractivity contribution is 5.92. The summed E-state index contributed by atoms with van der Waals surface area (Å²) in [4.78, 5) is 15.3. The average molecular weight is 431 g/mol. The van der Waals surface area contributed by atoms with Crippen LogP contribution in [0.2, 0.25) is 0 Å². The van der Waals surface area contributed by atoms with Gasteiger partial charge in [0.15, 0.2) is 0 Å². The number of anilines is 1. The second-order valence-electron chi connectivity index (χ2n) is 8.99. The molecular weight excluding hydrogens is 396 g/mol. The number of hydrogen-bond donors (Lipinski definition) is 1. The summed E-state index contributed by atoms with van der Waals surface area (Å²) in [6.45, 7) is 10.1. The highest BCUT2D eigenvalue weighted by atomic mass is 16.1. The Morgan fingerprint density at radius 3 is 2.50 bits per heavy atom. The summed E-state index contributed by atoms with van der Waals surface area (Å²) >= 11 is 0. The molecule has 1 saturated heterocycles. The van der Waals surface area contributed by atoms with Crippen molar-refractivity contribution in [2.75, 3.05) is 18.4 Å². The molecule has 1 N–H and O–H groups in total. The Kier molecular flexibility index (Phi) is 7.05. The lowest BCUT2D eigenvalue weighted by atomic mass is 9.95. The molecule has 1 fully saturated rings. The summed E-state index contributed by atoms with van der Waals surface area (Å²) in [7, 11) is 0. The zero-order chi connectivity index (χ0) is 22.5. The number of piperidine rings is 1. The average Bonchev–Trinajstić information content (AvgIpc) is 3.13. The standard InChI is InChI=1S/C27H34N4O/c1-4-14-31-19-25(21(3)29-31)18-30-15-12-23(13-16-30)27(32)28-26-10-8-22(9-11-26)24-7-5-6-20(2)17-24/h5-11,17,19,23H,4,12-16,18H2,1-3H3,(H,28,32). The van der Waals surface area contributed by atoms with Crippen LogP contribution in [0.1, 0.15) is 43.0 Å². The van der Waals surface area contributed by atoms with Gasteiger partial charge in [0.25, 0.3) is 0 Å². The van der Waals surface area contributed by atoms with E-state index in [4.69, 9.17) is 0 Å². The first kappa shape index (κ1) is 22.3. The number of aromatic nitrogens is 2. The predicted molar refractivity (Wildman–Crippen MR) is 131 cm³/mol. The smallest absolute Gasteiger partial charge is 0.227 e. The van der Waals surface area contributed by atoms with E-state index in [9.17, 15) is 4.79 Å². The van der Waals surface area contributed by atoms with Crippen LogP contribution in [0.4, 0.5) is 5.69 Å². The van der Waals surface area contributed by atoms with Crippen LogP contribution in [-0.2, 0) is 17.9 Å². The molecule has 1 aliphatic rings. The zero-order valence-electron chi connectivity index (χ0n) is 19.5. The minimum atomic E-state index is 0.0756. The fraction of sp³-hybridized carbons (Fsp3) is 0.407. The van der Waals surface area contributed by atoms with Gasteiger partial charge in [-0.1, -0.05) is 48.9 Å². The van der Waals surface area contributed by atoms with E-state index in [-0.39, 0.29) is 11.8 Å². The third-order valence-electron chi connectivity index (χ3n) is 6.36. The number of likely N-dealkylation sites (tertiary alicyclic amines) is 1. The summed E-state index contributed by atoms with van der Waals surface area (Å²) in [6.07, 6.45) is 5.07. The van der Waals surface area contributed by atoms with Crippen LogP contribution in [0.5, 0.6) is 0 Å². The maximum atomic E-state index is 12.8. The first-order chi connectivity index (χ1) is 15.5. The molecule has 0 atom stereocenters. The van der Waals surface area contributed by atoms with E-state index in [0.29, 0.717) is 0 Å². The number of rotatable bonds is 7. The predicted octanol–water partition coefficient (Wildman–Crippen LogP) is 5.43. The molecule has 2 aromatic carbocycles. The van der Waals surface area contributed by atoms with Crippen molar-refractivity contribution in [1.82, 2.24) is 14.7 Å². The van der Waals surface area contributed by atoms with E-state index in [1.807, 2.05) is 12.1 Å². The van der Waals surface area contributed by atoms with Gasteiger partial charge in [-0.2, -0.15) is 5.10 Å². The Hall–Kier alpha value is -2.92. The molecule has 32 heavy (non-hydrogen) atoms. The van der Waals surface area contributed by atoms with Crippen molar-refractivity contribution >= 4 is 11.6 Å². The molecule has 1 amide bonds. The molecule has 168 valence electrons. The molecule has 1 aliphatic heterocycles. The van der Waals surface area contributed by atoms with Crippen molar-refractivity contribution in [1.29, 1.82) is 0 Å². The van der Waals surface area contributed by atoms with Crippen LogP contribution in [0, 0.1) is 19.8 Å². The fourth-order valence-electron chi connectivity index (χ4n) is 4.47. The van der Waals surface area contributed by atoms with Gasteiger partial charge in [0.05, 0.1) is 5.69 Å². The van der Waals surface area contributed by atoms with Gasteiger partial charge in [0.1, 0.15) is 0 Å². The quantitative estimate of drug-likeness (QED) is 0.544. The van der Waals surface area contributed by atoms with Crippen molar-refractivity contribution < 1.29 is 4.79 Å². The van der Waals surface area contributed by atoms with E-state index in [0.717, 1.165) is 62.4 Å². The highest BCUT2D eigenvalue weighted by Gasteiger charge is 2.25. The van der Waals surface area contributed by atoms with Crippen LogP contribution in [0.15, 0.2) is 54.7 Å². The van der Waals surface area contributed by atoms with Crippen LogP contribution in [0.25, 0.3) is 11.1 Å². The van der Waals surface area contributed by atoms with Crippen molar-refractivity contribution in [2.24, 2.45) is 5.92 Å². The number of nitrogens with zero attached hydrogens (tertiary/aromatic N) is 3. The summed E-state index contributed by atoms with van der Waals surface area (Å²) in [6, 6.07) is 16.6. The van der Waals surface area contributed by atoms with Crippen molar-refractivity contribution in [3.8, 4) is 11.1 Å². The van der Waals surface area contributed by atoms with Crippen LogP contribution in [-0.4, -0.2) is 33.7 Å². The van der Waals surface area contributed by atoms with E-state index in [1.54, 1.807) is 0 Å².